The smallest absolute Gasteiger partial charge is 0.240 e. The van der Waals surface area contributed by atoms with E-state index in [1.165, 1.54) is 16.4 Å². The largest absolute Gasteiger partial charge is 0.494 e. The molecule has 0 aromatic heterocycles. The van der Waals surface area contributed by atoms with Crippen molar-refractivity contribution < 1.29 is 21.6 Å². The maximum absolute atomic E-state index is 12.6. The molecule has 2 aromatic rings. The van der Waals surface area contributed by atoms with Gasteiger partial charge >= 0.3 is 0 Å². The summed E-state index contributed by atoms with van der Waals surface area (Å²) in [5, 5.41) is 0. The van der Waals surface area contributed by atoms with Gasteiger partial charge in [0.1, 0.15) is 5.75 Å². The number of para-hydroxylation sites is 1. The van der Waals surface area contributed by atoms with Crippen LogP contribution in [0.3, 0.4) is 0 Å². The predicted octanol–water partition coefficient (Wildman–Crippen LogP) is 1.76. The zero-order valence-corrected chi connectivity index (χ0v) is 16.6. The summed E-state index contributed by atoms with van der Waals surface area (Å²) in [4.78, 5) is 0.0647. The van der Waals surface area contributed by atoms with E-state index in [4.69, 9.17) is 4.74 Å². The highest BCUT2D eigenvalue weighted by Gasteiger charge is 2.29. The molecule has 1 heterocycles. The van der Waals surface area contributed by atoms with Crippen molar-refractivity contribution in [1.82, 2.24) is 4.72 Å². The number of sulfonamides is 2. The normalized spacial score (nSPS) is 14.2. The maximum Gasteiger partial charge on any atom is 0.240 e. The van der Waals surface area contributed by atoms with Gasteiger partial charge in [-0.25, -0.2) is 21.6 Å². The summed E-state index contributed by atoms with van der Waals surface area (Å²) in [6, 6.07) is 13.3. The van der Waals surface area contributed by atoms with Crippen LogP contribution in [0.1, 0.15) is 12.5 Å². The number of ether oxygens (including phenoxy) is 1. The van der Waals surface area contributed by atoms with E-state index in [0.29, 0.717) is 31.0 Å². The summed E-state index contributed by atoms with van der Waals surface area (Å²) in [5.74, 6) is 0.268. The Balaban J connectivity index is 1.63. The van der Waals surface area contributed by atoms with Crippen LogP contribution in [0.4, 0.5) is 5.69 Å². The van der Waals surface area contributed by atoms with Gasteiger partial charge in [-0.1, -0.05) is 18.2 Å². The number of benzene rings is 2. The second kappa shape index (κ2) is 7.87. The highest BCUT2D eigenvalue weighted by molar-refractivity contribution is 7.93. The molecular formula is C18H22N2O5S2. The molecule has 7 nitrogen and oxygen atoms in total. The highest BCUT2D eigenvalue weighted by atomic mass is 32.2. The molecule has 1 aliphatic rings. The Morgan fingerprint density at radius 3 is 2.44 bits per heavy atom. The molecule has 1 N–H and O–H groups in total. The van der Waals surface area contributed by atoms with Crippen molar-refractivity contribution in [3.8, 4) is 5.75 Å². The van der Waals surface area contributed by atoms with E-state index in [2.05, 4.69) is 4.72 Å². The summed E-state index contributed by atoms with van der Waals surface area (Å²) >= 11 is 0. The number of hydrogen-bond acceptors (Lipinski definition) is 5. The molecule has 0 amide bonds. The monoisotopic (exact) mass is 410 g/mol. The lowest BCUT2D eigenvalue weighted by atomic mass is 10.2. The van der Waals surface area contributed by atoms with Gasteiger partial charge in [0, 0.05) is 13.1 Å². The average Bonchev–Trinajstić information content (AvgIpc) is 3.07. The van der Waals surface area contributed by atoms with Crippen LogP contribution in [-0.2, 0) is 26.5 Å². The van der Waals surface area contributed by atoms with Gasteiger partial charge in [0.15, 0.2) is 0 Å². The van der Waals surface area contributed by atoms with Crippen LogP contribution < -0.4 is 13.8 Å². The Morgan fingerprint density at radius 2 is 1.74 bits per heavy atom. The number of anilines is 1. The molecule has 0 saturated carbocycles. The van der Waals surface area contributed by atoms with Crippen LogP contribution in [0.25, 0.3) is 0 Å². The van der Waals surface area contributed by atoms with Crippen molar-refractivity contribution in [2.24, 2.45) is 0 Å². The first-order valence-electron chi connectivity index (χ1n) is 8.64. The lowest BCUT2D eigenvalue weighted by Gasteiger charge is -2.19. The molecule has 0 fully saturated rings. The van der Waals surface area contributed by atoms with E-state index in [1.54, 1.807) is 24.3 Å². The Kier molecular flexibility index (Phi) is 5.73. The Hall–Kier alpha value is -2.10. The Morgan fingerprint density at radius 1 is 1.04 bits per heavy atom. The van der Waals surface area contributed by atoms with Crippen LogP contribution in [0.5, 0.6) is 5.75 Å². The fourth-order valence-corrected chi connectivity index (χ4v) is 5.57. The first-order valence-corrected chi connectivity index (χ1v) is 11.7. The standard InChI is InChI=1S/C18H22N2O5S2/c1-2-25-16-7-9-17(10-8-16)27(23,24)19-12-14-26(21,22)20-13-11-15-5-3-4-6-18(15)20/h3-10,19H,2,11-14H2,1H3. The van der Waals surface area contributed by atoms with Gasteiger partial charge in [0.2, 0.25) is 20.0 Å². The third-order valence-corrected chi connectivity index (χ3v) is 7.53. The average molecular weight is 411 g/mol. The minimum absolute atomic E-state index is 0.0647. The lowest BCUT2D eigenvalue weighted by Crippen LogP contribution is -2.36. The Bertz CT molecular complexity index is 1000. The maximum atomic E-state index is 12.6. The number of fused-ring (bicyclic) bond motifs is 1. The SMILES string of the molecule is CCOc1ccc(S(=O)(=O)NCCS(=O)(=O)N2CCc3ccccc32)cc1. The Labute approximate surface area is 160 Å². The molecule has 0 unspecified atom stereocenters. The van der Waals surface area contributed by atoms with Crippen molar-refractivity contribution >= 4 is 25.7 Å². The summed E-state index contributed by atoms with van der Waals surface area (Å²) in [6.45, 7) is 2.51. The van der Waals surface area contributed by atoms with Gasteiger partial charge in [0.05, 0.1) is 22.9 Å². The minimum atomic E-state index is -3.79. The second-order valence-corrected chi connectivity index (χ2v) is 9.85. The zero-order valence-electron chi connectivity index (χ0n) is 15.0. The second-order valence-electron chi connectivity index (χ2n) is 6.07. The van der Waals surface area contributed by atoms with E-state index in [1.807, 2.05) is 19.1 Å². The van der Waals surface area contributed by atoms with Crippen molar-refractivity contribution in [1.29, 1.82) is 0 Å². The molecule has 0 radical (unpaired) electrons. The molecule has 9 heteroatoms. The van der Waals surface area contributed by atoms with Gasteiger partial charge in [-0.05, 0) is 49.2 Å². The van der Waals surface area contributed by atoms with E-state index in [0.717, 1.165) is 5.56 Å². The van der Waals surface area contributed by atoms with Gasteiger partial charge < -0.3 is 4.74 Å². The van der Waals surface area contributed by atoms with Gasteiger partial charge in [-0.3, -0.25) is 4.31 Å². The first-order chi connectivity index (χ1) is 12.8. The third kappa shape index (κ3) is 4.42. The van der Waals surface area contributed by atoms with Crippen molar-refractivity contribution in [3.05, 3.63) is 54.1 Å². The fourth-order valence-electron chi connectivity index (χ4n) is 2.98. The van der Waals surface area contributed by atoms with Gasteiger partial charge in [-0.15, -0.1) is 0 Å². The third-order valence-electron chi connectivity index (χ3n) is 4.28. The number of nitrogens with one attached hydrogen (secondary N) is 1. The number of rotatable bonds is 8. The van der Waals surface area contributed by atoms with Crippen LogP contribution in [0, 0.1) is 0 Å². The minimum Gasteiger partial charge on any atom is -0.494 e. The van der Waals surface area contributed by atoms with E-state index >= 15 is 0 Å². The predicted molar refractivity (Wildman–Crippen MR) is 104 cm³/mol. The molecule has 1 aliphatic heterocycles. The molecule has 27 heavy (non-hydrogen) atoms. The van der Waals surface area contributed by atoms with Gasteiger partial charge in [0.25, 0.3) is 0 Å². The topological polar surface area (TPSA) is 92.8 Å². The molecule has 0 bridgehead atoms. The highest BCUT2D eigenvalue weighted by Crippen LogP contribution is 2.29. The van der Waals surface area contributed by atoms with E-state index < -0.39 is 20.0 Å². The van der Waals surface area contributed by atoms with Crippen molar-refractivity contribution in [3.63, 3.8) is 0 Å². The van der Waals surface area contributed by atoms with Crippen molar-refractivity contribution in [2.75, 3.05) is 29.8 Å². The molecule has 2 aromatic carbocycles. The molecule has 0 saturated heterocycles. The number of nitrogens with zero attached hydrogens (tertiary/aromatic N) is 1. The van der Waals surface area contributed by atoms with E-state index in [-0.39, 0.29) is 17.2 Å². The lowest BCUT2D eigenvalue weighted by molar-refractivity contribution is 0.340. The summed E-state index contributed by atoms with van der Waals surface area (Å²) in [6.07, 6.45) is 0.660. The van der Waals surface area contributed by atoms with E-state index in [9.17, 15) is 16.8 Å². The molecular weight excluding hydrogens is 388 g/mol. The van der Waals surface area contributed by atoms with Crippen LogP contribution in [0.15, 0.2) is 53.4 Å². The summed E-state index contributed by atoms with van der Waals surface area (Å²) in [7, 11) is -7.39. The van der Waals surface area contributed by atoms with Crippen LogP contribution in [-0.4, -0.2) is 42.3 Å². The summed E-state index contributed by atoms with van der Waals surface area (Å²) in [5.41, 5.74) is 1.66. The molecule has 0 spiro atoms. The number of hydrogen-bond donors (Lipinski definition) is 1. The fraction of sp³-hybridized carbons (Fsp3) is 0.333. The van der Waals surface area contributed by atoms with Crippen LogP contribution in [0.2, 0.25) is 0 Å². The first kappa shape index (κ1) is 19.7. The quantitative estimate of drug-likeness (QED) is 0.716. The molecule has 0 atom stereocenters. The molecule has 3 rings (SSSR count). The van der Waals surface area contributed by atoms with Gasteiger partial charge in [-0.2, -0.15) is 0 Å². The molecule has 146 valence electrons. The van der Waals surface area contributed by atoms with Crippen molar-refractivity contribution in [2.45, 2.75) is 18.2 Å². The van der Waals surface area contributed by atoms with Crippen LogP contribution >= 0.6 is 0 Å². The summed E-state index contributed by atoms with van der Waals surface area (Å²) < 4.78 is 58.9. The zero-order chi connectivity index (χ0) is 19.5. The molecule has 0 aliphatic carbocycles.